The fraction of sp³-hybridized carbons (Fsp3) is 0.750. The van der Waals surface area contributed by atoms with Gasteiger partial charge in [-0.15, -0.1) is 8.78 Å². The molecule has 72 valence electrons. The second-order valence-electron chi connectivity index (χ2n) is 2.72. The molecule has 0 heterocycles. The first-order valence-electron chi connectivity index (χ1n) is 3.88. The SMILES string of the molecule is CCC(C)C/C=C\OC(O)(F)F. The minimum Gasteiger partial charge on any atom is -0.418 e. The van der Waals surface area contributed by atoms with E-state index in [1.54, 1.807) is 0 Å². The highest BCUT2D eigenvalue weighted by molar-refractivity contribution is 4.75. The Morgan fingerprint density at radius 3 is 2.58 bits per heavy atom. The molecule has 4 heteroatoms. The van der Waals surface area contributed by atoms with Crippen LogP contribution in [0.15, 0.2) is 12.3 Å². The van der Waals surface area contributed by atoms with Crippen LogP contribution in [-0.2, 0) is 4.74 Å². The number of hydrogen-bond acceptors (Lipinski definition) is 2. The fourth-order valence-electron chi connectivity index (χ4n) is 0.585. The van der Waals surface area contributed by atoms with Gasteiger partial charge < -0.3 is 9.84 Å². The number of aliphatic hydroxyl groups is 1. The maximum absolute atomic E-state index is 11.6. The first kappa shape index (κ1) is 11.4. The van der Waals surface area contributed by atoms with Gasteiger partial charge in [-0.3, -0.25) is 0 Å². The molecule has 2 nitrogen and oxygen atoms in total. The molecule has 1 unspecified atom stereocenters. The van der Waals surface area contributed by atoms with Gasteiger partial charge in [0.15, 0.2) is 0 Å². The van der Waals surface area contributed by atoms with Gasteiger partial charge in [0.05, 0.1) is 6.26 Å². The molecule has 0 saturated carbocycles. The lowest BCUT2D eigenvalue weighted by atomic mass is 10.1. The zero-order valence-electron chi connectivity index (χ0n) is 7.26. The largest absolute Gasteiger partial charge is 0.532 e. The highest BCUT2D eigenvalue weighted by atomic mass is 19.3. The fourth-order valence-corrected chi connectivity index (χ4v) is 0.585. The number of ether oxygens (including phenoxy) is 1. The molecule has 1 N–H and O–H groups in total. The Hall–Kier alpha value is -0.640. The Morgan fingerprint density at radius 2 is 2.17 bits per heavy atom. The summed E-state index contributed by atoms with van der Waals surface area (Å²) in [6, 6.07) is 0. The van der Waals surface area contributed by atoms with Gasteiger partial charge in [-0.25, -0.2) is 0 Å². The van der Waals surface area contributed by atoms with Crippen LogP contribution in [0.2, 0.25) is 0 Å². The van der Waals surface area contributed by atoms with Crippen LogP contribution >= 0.6 is 0 Å². The van der Waals surface area contributed by atoms with E-state index >= 15 is 0 Å². The van der Waals surface area contributed by atoms with Gasteiger partial charge in [0, 0.05) is 0 Å². The van der Waals surface area contributed by atoms with Crippen LogP contribution in [0.4, 0.5) is 8.78 Å². The minimum absolute atomic E-state index is 0.442. The Kier molecular flexibility index (Phi) is 4.81. The van der Waals surface area contributed by atoms with Crippen molar-refractivity contribution in [2.24, 2.45) is 5.92 Å². The van der Waals surface area contributed by atoms with E-state index in [9.17, 15) is 8.78 Å². The molecule has 0 aromatic rings. The Balaban J connectivity index is 3.50. The van der Waals surface area contributed by atoms with Crippen LogP contribution in [-0.4, -0.2) is 11.4 Å². The standard InChI is InChI=1S/C8H14F2O2/c1-3-7(2)5-4-6-12-8(9,10)11/h4,6-7,11H,3,5H2,1-2H3/b6-4-. The number of rotatable bonds is 5. The molecule has 0 aliphatic rings. The second kappa shape index (κ2) is 5.09. The average molecular weight is 180 g/mol. The lowest BCUT2D eigenvalue weighted by Crippen LogP contribution is -2.15. The molecule has 0 radical (unpaired) electrons. The summed E-state index contributed by atoms with van der Waals surface area (Å²) < 4.78 is 26.9. The van der Waals surface area contributed by atoms with Crippen LogP contribution in [0, 0.1) is 5.92 Å². The average Bonchev–Trinajstić information content (AvgIpc) is 1.96. The van der Waals surface area contributed by atoms with Crippen LogP contribution in [0.5, 0.6) is 0 Å². The Morgan fingerprint density at radius 1 is 1.58 bits per heavy atom. The molecule has 0 saturated heterocycles. The van der Waals surface area contributed by atoms with Crippen molar-refractivity contribution in [3.05, 3.63) is 12.3 Å². The zero-order valence-corrected chi connectivity index (χ0v) is 7.26. The van der Waals surface area contributed by atoms with Crippen LogP contribution in [0.1, 0.15) is 26.7 Å². The van der Waals surface area contributed by atoms with E-state index in [-0.39, 0.29) is 0 Å². The first-order valence-corrected chi connectivity index (χ1v) is 3.88. The molecule has 0 amide bonds. The predicted molar refractivity (Wildman–Crippen MR) is 41.5 cm³/mol. The van der Waals surface area contributed by atoms with Crippen molar-refractivity contribution in [3.63, 3.8) is 0 Å². The summed E-state index contributed by atoms with van der Waals surface area (Å²) in [6.45, 7) is 4.02. The molecular weight excluding hydrogens is 166 g/mol. The third-order valence-electron chi connectivity index (χ3n) is 1.54. The van der Waals surface area contributed by atoms with E-state index in [0.29, 0.717) is 12.3 Å². The van der Waals surface area contributed by atoms with E-state index in [1.165, 1.54) is 6.08 Å². The first-order chi connectivity index (χ1) is 5.45. The quantitative estimate of drug-likeness (QED) is 0.520. The molecule has 0 rings (SSSR count). The number of allylic oxidation sites excluding steroid dienone is 1. The summed E-state index contributed by atoms with van der Waals surface area (Å²) >= 11 is 0. The molecule has 0 spiro atoms. The Labute approximate surface area is 70.8 Å². The highest BCUT2D eigenvalue weighted by Gasteiger charge is 2.24. The number of halogens is 2. The van der Waals surface area contributed by atoms with Crippen molar-refractivity contribution in [1.82, 2.24) is 0 Å². The lowest BCUT2D eigenvalue weighted by Gasteiger charge is -2.06. The predicted octanol–water partition coefficient (Wildman–Crippen LogP) is 2.50. The maximum Gasteiger partial charge on any atom is 0.532 e. The zero-order chi connectivity index (χ0) is 9.61. The molecule has 0 aliphatic heterocycles. The summed E-state index contributed by atoms with van der Waals surface area (Å²) in [4.78, 5) is 0. The molecule has 0 fully saturated rings. The third-order valence-corrected chi connectivity index (χ3v) is 1.54. The normalized spacial score (nSPS) is 15.1. The topological polar surface area (TPSA) is 29.5 Å². The number of alkyl halides is 2. The van der Waals surface area contributed by atoms with Gasteiger partial charge in [-0.1, -0.05) is 20.3 Å². The smallest absolute Gasteiger partial charge is 0.418 e. The van der Waals surface area contributed by atoms with Gasteiger partial charge in [0.25, 0.3) is 0 Å². The van der Waals surface area contributed by atoms with Crippen LogP contribution < -0.4 is 0 Å². The summed E-state index contributed by atoms with van der Waals surface area (Å²) in [7, 11) is 0. The molecular formula is C8H14F2O2. The number of hydrogen-bond donors (Lipinski definition) is 1. The van der Waals surface area contributed by atoms with E-state index < -0.39 is 6.29 Å². The second-order valence-corrected chi connectivity index (χ2v) is 2.72. The lowest BCUT2D eigenvalue weighted by molar-refractivity contribution is -0.348. The van der Waals surface area contributed by atoms with Crippen LogP contribution in [0.3, 0.4) is 0 Å². The minimum atomic E-state index is -4.05. The van der Waals surface area contributed by atoms with Gasteiger partial charge in [0.2, 0.25) is 0 Å². The highest BCUT2D eigenvalue weighted by Crippen LogP contribution is 2.11. The monoisotopic (exact) mass is 180 g/mol. The molecule has 0 aliphatic carbocycles. The van der Waals surface area contributed by atoms with Crippen molar-refractivity contribution < 1.29 is 18.6 Å². The van der Waals surface area contributed by atoms with Gasteiger partial charge in [-0.05, 0) is 18.4 Å². The van der Waals surface area contributed by atoms with Crippen molar-refractivity contribution in [2.75, 3.05) is 0 Å². The van der Waals surface area contributed by atoms with Gasteiger partial charge >= 0.3 is 6.29 Å². The van der Waals surface area contributed by atoms with Crippen molar-refractivity contribution in [2.45, 2.75) is 33.0 Å². The van der Waals surface area contributed by atoms with Crippen LogP contribution in [0.25, 0.3) is 0 Å². The molecule has 0 aromatic heterocycles. The van der Waals surface area contributed by atoms with Gasteiger partial charge in [0.1, 0.15) is 0 Å². The van der Waals surface area contributed by atoms with Crippen molar-refractivity contribution >= 4 is 0 Å². The summed E-state index contributed by atoms with van der Waals surface area (Å²) in [6.07, 6.45) is -0.0944. The summed E-state index contributed by atoms with van der Waals surface area (Å²) in [5.74, 6) is 0.442. The Bertz CT molecular complexity index is 140. The summed E-state index contributed by atoms with van der Waals surface area (Å²) in [5.41, 5.74) is 0. The maximum atomic E-state index is 11.6. The third kappa shape index (κ3) is 7.47. The van der Waals surface area contributed by atoms with E-state index in [0.717, 1.165) is 12.7 Å². The van der Waals surface area contributed by atoms with Gasteiger partial charge in [-0.2, -0.15) is 0 Å². The van der Waals surface area contributed by atoms with Crippen molar-refractivity contribution in [3.8, 4) is 0 Å². The van der Waals surface area contributed by atoms with E-state index in [1.807, 2.05) is 13.8 Å². The molecule has 0 bridgehead atoms. The summed E-state index contributed by atoms with van der Waals surface area (Å²) in [5, 5.41) is 7.83. The molecule has 1 atom stereocenters. The van der Waals surface area contributed by atoms with E-state index in [2.05, 4.69) is 4.74 Å². The van der Waals surface area contributed by atoms with Crippen molar-refractivity contribution in [1.29, 1.82) is 0 Å². The van der Waals surface area contributed by atoms with E-state index in [4.69, 9.17) is 5.11 Å². The molecule has 0 aromatic carbocycles. The molecule has 12 heavy (non-hydrogen) atoms.